The molecule has 1 spiro atoms. The summed E-state index contributed by atoms with van der Waals surface area (Å²) in [5.41, 5.74) is 36.0. The summed E-state index contributed by atoms with van der Waals surface area (Å²) in [5, 5.41) is 16.0. The third-order valence-electron chi connectivity index (χ3n) is 25.8. The maximum Gasteiger partial charge on any atom is 0.324 e. The van der Waals surface area contributed by atoms with Crippen molar-refractivity contribution < 1.29 is 36.5 Å². The fourth-order valence-electron chi connectivity index (χ4n) is 19.0. The molecule has 7 fully saturated rings. The van der Waals surface area contributed by atoms with E-state index in [-0.39, 0.29) is 70.9 Å². The lowest BCUT2D eigenvalue weighted by atomic mass is 9.85. The zero-order chi connectivity index (χ0) is 86.0. The van der Waals surface area contributed by atoms with Gasteiger partial charge in [0, 0.05) is 181 Å². The highest BCUT2D eigenvalue weighted by Gasteiger charge is 2.57. The SMILES string of the molecule is CNc1cc(F)cc2c1Cc1nc(Oc3cnc(C)nc3)nc(N3CC4C(N)C4C3)c1-2.CNc1cc(F)cc2c1Cc1nc(Oc3cnc(C)nc3)nc(N3CCC4(CC4N)C3)c1-2.CNc1cc(F)cc2c1Cc1nc(Oc3cnc(C)nc3)nc(N3CCC4CNC4C3)c1-2.CNc1cc(F)cc2c1Cc1nc(Oc3cnc(C)nc3)nc(N3CC[C@H](N)C3)c1-2. The van der Waals surface area contributed by atoms with Gasteiger partial charge in [-0.15, -0.1) is 0 Å². The number of rotatable bonds is 16. The molecule has 0 amide bonds. The molecule has 4 aromatic carbocycles. The second-order valence-corrected chi connectivity index (χ2v) is 33.7. The van der Waals surface area contributed by atoms with Gasteiger partial charge in [-0.1, -0.05) is 0 Å². The largest absolute Gasteiger partial charge is 0.421 e. The number of hydrogen-bond acceptors (Lipinski definition) is 32. The summed E-state index contributed by atoms with van der Waals surface area (Å²) in [7, 11) is 7.20. The molecule has 125 heavy (non-hydrogen) atoms. The highest BCUT2D eigenvalue weighted by molar-refractivity contribution is 5.92. The number of piperidine rings is 2. The Morgan fingerprint density at radius 3 is 1.01 bits per heavy atom. The maximum atomic E-state index is 14.5. The Balaban J connectivity index is 0.000000105. The van der Waals surface area contributed by atoms with Crippen molar-refractivity contribution in [3.05, 3.63) is 190 Å². The first-order chi connectivity index (χ1) is 60.6. The molecular formula is C89H92F4N28O4. The first-order valence-corrected chi connectivity index (χ1v) is 42.1. The van der Waals surface area contributed by atoms with Crippen LogP contribution in [0.3, 0.4) is 0 Å². The summed E-state index contributed by atoms with van der Waals surface area (Å²) in [6.45, 7) is 14.9. The topological polar surface area (TPSA) is 394 Å². The third-order valence-corrected chi connectivity index (χ3v) is 25.8. The van der Waals surface area contributed by atoms with Crippen LogP contribution in [0.2, 0.25) is 0 Å². The number of anilines is 8. The lowest BCUT2D eigenvalue weighted by Gasteiger charge is -2.46. The van der Waals surface area contributed by atoms with Crippen molar-refractivity contribution in [3.8, 4) is 91.5 Å². The van der Waals surface area contributed by atoms with Crippen molar-refractivity contribution in [2.45, 2.75) is 103 Å². The molecular weight excluding hydrogens is 1600 g/mol. The van der Waals surface area contributed by atoms with Crippen LogP contribution >= 0.6 is 0 Å². The normalized spacial score (nSPS) is 20.9. The van der Waals surface area contributed by atoms with Gasteiger partial charge in [-0.3, -0.25) is 0 Å². The van der Waals surface area contributed by atoms with Gasteiger partial charge in [0.1, 0.15) is 69.8 Å². The monoisotopic (exact) mass is 1690 g/mol. The predicted molar refractivity (Wildman–Crippen MR) is 462 cm³/mol. The number of aromatic nitrogens is 16. The summed E-state index contributed by atoms with van der Waals surface area (Å²) in [4.78, 5) is 80.1. The van der Waals surface area contributed by atoms with E-state index in [9.17, 15) is 17.6 Å². The van der Waals surface area contributed by atoms with E-state index in [1.807, 2.05) is 27.8 Å². The highest BCUT2D eigenvalue weighted by atomic mass is 19.1. The van der Waals surface area contributed by atoms with Gasteiger partial charge < -0.3 is 82.3 Å². The highest BCUT2D eigenvalue weighted by Crippen LogP contribution is 2.56. The van der Waals surface area contributed by atoms with E-state index in [4.69, 9.17) is 66.1 Å². The fraction of sp³-hybridized carbons (Fsp3) is 0.371. The van der Waals surface area contributed by atoms with Crippen molar-refractivity contribution >= 4 is 46.0 Å². The Kier molecular flexibility index (Phi) is 20.6. The van der Waals surface area contributed by atoms with E-state index in [2.05, 4.69) is 96.0 Å². The molecule has 11 N–H and O–H groups in total. The van der Waals surface area contributed by atoms with Crippen LogP contribution in [0.25, 0.3) is 44.5 Å². The number of benzene rings is 4. The average molecular weight is 1690 g/mol. The number of nitrogens with zero attached hydrogens (tertiary/aromatic N) is 20. The Hall–Kier alpha value is -13.3. The number of aryl methyl sites for hydroxylation is 4. The standard InChI is InChI=1S/2C23H24FN7O.C22H22FN7O.C21H22FN7O/c1-12-27-9-14(10-28-12)32-22-29-18-7-15-16(5-13(24)6-17(15)26-2)20(18)21(30-22)31-4-3-23(11-31)8-19(23)25;1-12-26-9-15(10-27-12)32-23-29-19-7-16-17(5-14(24)6-18(16)25-2)21(19)22(30-23)31-4-3-13-8-28-20(13)11-31;1-10-26-6-12(7-27-10)31-22-28-18-5-13-14(3-11(23)4-17(13)25-2)19(18)21(29-22)30-8-15-16(9-30)20(15)24;1-11-25-8-14(9-26-11)30-21-27-18-7-15-16(5-12(22)6-17(15)24-2)19(18)20(28-21)29-4-3-13(23)10-29/h5-6,9-10,19,26H,3-4,7-8,11,25H2,1-2H3;5-6,9-10,13,20,25,28H,3-4,7-8,11H2,1-2H3;3-4,6-7,15-16,20,25H,5,8-9,24H2,1-2H3;5-6,8-9,13,24H,3-4,7,10,23H2,1-2H3/t;;;13-/m...0/s1. The molecule has 6 aliphatic carbocycles. The van der Waals surface area contributed by atoms with Crippen molar-refractivity contribution in [2.24, 2.45) is 40.4 Å². The number of fused-ring (bicyclic) bond motifs is 14. The van der Waals surface area contributed by atoms with Crippen molar-refractivity contribution in [1.82, 2.24) is 85.1 Å². The van der Waals surface area contributed by atoms with E-state index < -0.39 is 0 Å². The molecule has 7 atom stereocenters. The molecule has 0 bridgehead atoms. The average Bonchev–Trinajstić information content (AvgIpc) is 1.67. The second-order valence-electron chi connectivity index (χ2n) is 33.7. The minimum absolute atomic E-state index is 0.0757. The minimum Gasteiger partial charge on any atom is -0.421 e. The van der Waals surface area contributed by atoms with Gasteiger partial charge in [-0.05, 0) is 171 Å². The van der Waals surface area contributed by atoms with Crippen LogP contribution in [0, 0.1) is 74.1 Å². The van der Waals surface area contributed by atoms with E-state index in [1.165, 1.54) is 24.3 Å². The summed E-state index contributed by atoms with van der Waals surface area (Å²) < 4.78 is 81.3. The van der Waals surface area contributed by atoms with Gasteiger partial charge in [0.15, 0.2) is 23.0 Å². The molecule has 11 aliphatic rings. The van der Waals surface area contributed by atoms with Gasteiger partial charge >= 0.3 is 24.0 Å². The minimum atomic E-state index is -0.299. The Morgan fingerprint density at radius 1 is 0.400 bits per heavy atom. The molecule has 13 heterocycles. The number of hydrogen-bond donors (Lipinski definition) is 8. The number of ether oxygens (including phenoxy) is 4. The molecule has 640 valence electrons. The first kappa shape index (κ1) is 80.1. The van der Waals surface area contributed by atoms with Gasteiger partial charge in [0.05, 0.1) is 72.4 Å². The molecule has 6 unspecified atom stereocenters. The summed E-state index contributed by atoms with van der Waals surface area (Å²) in [6, 6.07) is 14.4. The second kappa shape index (κ2) is 32.1. The van der Waals surface area contributed by atoms with Gasteiger partial charge in [-0.2, -0.15) is 39.9 Å². The molecule has 36 heteroatoms. The summed E-state index contributed by atoms with van der Waals surface area (Å²) in [6.07, 6.45) is 19.2. The predicted octanol–water partition coefficient (Wildman–Crippen LogP) is 11.1. The zero-order valence-corrected chi connectivity index (χ0v) is 70.1. The van der Waals surface area contributed by atoms with Crippen LogP contribution < -0.4 is 82.3 Å². The molecule has 2 saturated carbocycles. The van der Waals surface area contributed by atoms with Crippen molar-refractivity contribution in [1.29, 1.82) is 0 Å². The van der Waals surface area contributed by atoms with E-state index in [0.29, 0.717) is 96.4 Å². The van der Waals surface area contributed by atoms with Crippen LogP contribution in [0.1, 0.15) is 94.0 Å². The molecule has 23 rings (SSSR count). The lowest BCUT2D eigenvalue weighted by Crippen LogP contribution is -2.62. The van der Waals surface area contributed by atoms with E-state index in [1.54, 1.807) is 102 Å². The fourth-order valence-corrected chi connectivity index (χ4v) is 19.0. The Bertz CT molecular complexity index is 6070. The van der Waals surface area contributed by atoms with Gasteiger partial charge in [-0.25, -0.2) is 57.4 Å². The molecule has 5 aliphatic heterocycles. The number of halogens is 4. The van der Waals surface area contributed by atoms with Crippen LogP contribution in [0.15, 0.2) is 98.1 Å². The zero-order valence-electron chi connectivity index (χ0n) is 70.1. The first-order valence-electron chi connectivity index (χ1n) is 42.1. The molecule has 12 aromatic rings. The number of nitrogens with two attached hydrogens (primary N) is 3. The molecule has 0 radical (unpaired) electrons. The van der Waals surface area contributed by atoms with Crippen LogP contribution in [-0.4, -0.2) is 191 Å². The molecule has 8 aromatic heterocycles. The summed E-state index contributed by atoms with van der Waals surface area (Å²) in [5.74, 6) is 8.17. The van der Waals surface area contributed by atoms with Crippen molar-refractivity contribution in [3.63, 3.8) is 0 Å². The number of nitrogens with one attached hydrogen (secondary N) is 5. The smallest absolute Gasteiger partial charge is 0.324 e. The van der Waals surface area contributed by atoms with Crippen LogP contribution in [-0.2, 0) is 25.7 Å². The van der Waals surface area contributed by atoms with Gasteiger partial charge in [0.25, 0.3) is 0 Å². The quantitative estimate of drug-likeness (QED) is 0.0417. The maximum absolute atomic E-state index is 14.5. The van der Waals surface area contributed by atoms with Crippen LogP contribution in [0.4, 0.5) is 63.6 Å². The Labute approximate surface area is 716 Å². The molecule has 5 saturated heterocycles. The van der Waals surface area contributed by atoms with Crippen molar-refractivity contribution in [2.75, 3.05) is 128 Å². The van der Waals surface area contributed by atoms with Gasteiger partial charge in [0.2, 0.25) is 0 Å². The summed E-state index contributed by atoms with van der Waals surface area (Å²) >= 11 is 0. The van der Waals surface area contributed by atoms with Crippen LogP contribution in [0.5, 0.6) is 47.0 Å². The van der Waals surface area contributed by atoms with E-state index in [0.717, 1.165) is 220 Å². The third kappa shape index (κ3) is 15.4. The Morgan fingerprint density at radius 2 is 0.720 bits per heavy atom. The van der Waals surface area contributed by atoms with E-state index >= 15 is 0 Å². The lowest BCUT2D eigenvalue weighted by molar-refractivity contribution is 0.196. The molecule has 32 nitrogen and oxygen atoms in total.